The predicted molar refractivity (Wildman–Crippen MR) is 83.8 cm³/mol. The molecule has 0 radical (unpaired) electrons. The second kappa shape index (κ2) is 6.96. The number of hydrogen-bond donors (Lipinski definition) is 2. The molecule has 104 valence electrons. The molecule has 0 aliphatic rings. The number of carbonyl (C=O) groups excluding carboxylic acids is 1. The molecule has 1 aromatic carbocycles. The van der Waals surface area contributed by atoms with Gasteiger partial charge in [0.2, 0.25) is 5.91 Å². The molecule has 1 amide bonds. The number of thioether (sulfide) groups is 1. The molecular weight excluding hydrogens is 270 g/mol. The molecule has 0 aliphatic carbocycles. The van der Waals surface area contributed by atoms with Crippen molar-refractivity contribution in [3.05, 3.63) is 48.2 Å². The van der Waals surface area contributed by atoms with Gasteiger partial charge in [0.05, 0.1) is 5.75 Å². The van der Waals surface area contributed by atoms with E-state index in [1.807, 2.05) is 30.3 Å². The number of aryl methyl sites for hydroxylation is 1. The lowest BCUT2D eigenvalue weighted by Crippen LogP contribution is -2.15. The maximum Gasteiger partial charge on any atom is 0.234 e. The minimum Gasteiger partial charge on any atom is -0.384 e. The smallest absolute Gasteiger partial charge is 0.234 e. The van der Waals surface area contributed by atoms with Gasteiger partial charge in [-0.3, -0.25) is 4.79 Å². The van der Waals surface area contributed by atoms with Crippen LogP contribution in [0.4, 0.5) is 11.5 Å². The number of para-hydroxylation sites is 1. The van der Waals surface area contributed by atoms with Crippen molar-refractivity contribution in [3.63, 3.8) is 0 Å². The van der Waals surface area contributed by atoms with Gasteiger partial charge in [-0.25, -0.2) is 4.98 Å². The number of rotatable bonds is 5. The number of pyridine rings is 1. The molecule has 0 bridgehead atoms. The number of nitrogens with one attached hydrogen (secondary N) is 1. The molecular formula is C15H17N3OS. The van der Waals surface area contributed by atoms with Crippen molar-refractivity contribution in [1.82, 2.24) is 4.98 Å². The zero-order chi connectivity index (χ0) is 14.4. The minimum absolute atomic E-state index is 0.0206. The Morgan fingerprint density at radius 3 is 2.80 bits per heavy atom. The first-order chi connectivity index (χ1) is 9.69. The van der Waals surface area contributed by atoms with Crippen LogP contribution in [0.5, 0.6) is 0 Å². The Kier molecular flexibility index (Phi) is 5.01. The van der Waals surface area contributed by atoms with Crippen LogP contribution in [0, 0.1) is 0 Å². The standard InChI is InChI=1S/C15H17N3OS/c1-2-11-5-3-4-6-13(11)18-15(19)10-20-12-7-8-14(16)17-9-12/h3-9H,2,10H2,1H3,(H2,16,17)(H,18,19). The highest BCUT2D eigenvalue weighted by Crippen LogP contribution is 2.19. The molecule has 3 N–H and O–H groups in total. The molecule has 2 aromatic rings. The third-order valence-electron chi connectivity index (χ3n) is 2.80. The van der Waals surface area contributed by atoms with Crippen LogP contribution in [0.15, 0.2) is 47.5 Å². The molecule has 0 atom stereocenters. The lowest BCUT2D eigenvalue weighted by atomic mass is 10.1. The summed E-state index contributed by atoms with van der Waals surface area (Å²) in [5.41, 5.74) is 7.54. The van der Waals surface area contributed by atoms with Crippen LogP contribution >= 0.6 is 11.8 Å². The maximum absolute atomic E-state index is 11.9. The van der Waals surface area contributed by atoms with E-state index in [-0.39, 0.29) is 5.91 Å². The third-order valence-corrected chi connectivity index (χ3v) is 3.78. The molecule has 0 fully saturated rings. The largest absolute Gasteiger partial charge is 0.384 e. The van der Waals surface area contributed by atoms with Crippen molar-refractivity contribution in [1.29, 1.82) is 0 Å². The fourth-order valence-electron chi connectivity index (χ4n) is 1.76. The van der Waals surface area contributed by atoms with E-state index < -0.39 is 0 Å². The second-order valence-electron chi connectivity index (χ2n) is 4.27. The van der Waals surface area contributed by atoms with E-state index in [4.69, 9.17) is 5.73 Å². The first-order valence-electron chi connectivity index (χ1n) is 6.41. The topological polar surface area (TPSA) is 68.0 Å². The van der Waals surface area contributed by atoms with Gasteiger partial charge in [0, 0.05) is 16.8 Å². The van der Waals surface area contributed by atoms with E-state index in [1.165, 1.54) is 11.8 Å². The third kappa shape index (κ3) is 3.99. The Morgan fingerprint density at radius 2 is 2.10 bits per heavy atom. The number of anilines is 2. The van der Waals surface area contributed by atoms with Gasteiger partial charge in [-0.05, 0) is 30.2 Å². The summed E-state index contributed by atoms with van der Waals surface area (Å²) in [6.45, 7) is 2.07. The minimum atomic E-state index is -0.0206. The highest BCUT2D eigenvalue weighted by atomic mass is 32.2. The Bertz CT molecular complexity index is 584. The number of nitrogens with two attached hydrogens (primary N) is 1. The highest BCUT2D eigenvalue weighted by Gasteiger charge is 2.06. The SMILES string of the molecule is CCc1ccccc1NC(=O)CSc1ccc(N)nc1. The zero-order valence-corrected chi connectivity index (χ0v) is 12.1. The van der Waals surface area contributed by atoms with Crippen molar-refractivity contribution in [2.24, 2.45) is 0 Å². The number of nitrogen functional groups attached to an aromatic ring is 1. The molecule has 1 aromatic heterocycles. The molecule has 0 saturated carbocycles. The highest BCUT2D eigenvalue weighted by molar-refractivity contribution is 8.00. The fourth-order valence-corrected chi connectivity index (χ4v) is 2.42. The first kappa shape index (κ1) is 14.4. The van der Waals surface area contributed by atoms with Crippen molar-refractivity contribution < 1.29 is 4.79 Å². The average molecular weight is 287 g/mol. The molecule has 20 heavy (non-hydrogen) atoms. The van der Waals surface area contributed by atoms with E-state index in [9.17, 15) is 4.79 Å². The van der Waals surface area contributed by atoms with Crippen molar-refractivity contribution >= 4 is 29.2 Å². The number of aromatic nitrogens is 1. The van der Waals surface area contributed by atoms with Gasteiger partial charge in [-0.1, -0.05) is 25.1 Å². The zero-order valence-electron chi connectivity index (χ0n) is 11.3. The van der Waals surface area contributed by atoms with Crippen LogP contribution in [0.25, 0.3) is 0 Å². The Hall–Kier alpha value is -2.01. The van der Waals surface area contributed by atoms with E-state index >= 15 is 0 Å². The summed E-state index contributed by atoms with van der Waals surface area (Å²) in [7, 11) is 0. The van der Waals surface area contributed by atoms with E-state index in [1.54, 1.807) is 12.3 Å². The Balaban J connectivity index is 1.91. The van der Waals surface area contributed by atoms with E-state index in [0.717, 1.165) is 22.6 Å². The van der Waals surface area contributed by atoms with E-state index in [2.05, 4.69) is 17.2 Å². The quantitative estimate of drug-likeness (QED) is 0.830. The summed E-state index contributed by atoms with van der Waals surface area (Å²) in [4.78, 5) is 16.9. The summed E-state index contributed by atoms with van der Waals surface area (Å²) >= 11 is 1.44. The lowest BCUT2D eigenvalue weighted by molar-refractivity contribution is -0.113. The van der Waals surface area contributed by atoms with Crippen LogP contribution in [-0.4, -0.2) is 16.6 Å². The van der Waals surface area contributed by atoms with Crippen LogP contribution < -0.4 is 11.1 Å². The molecule has 1 heterocycles. The molecule has 0 saturated heterocycles. The molecule has 5 heteroatoms. The van der Waals surface area contributed by atoms with Crippen LogP contribution in [-0.2, 0) is 11.2 Å². The normalized spacial score (nSPS) is 10.2. The Morgan fingerprint density at radius 1 is 1.30 bits per heavy atom. The van der Waals surface area contributed by atoms with Gasteiger partial charge >= 0.3 is 0 Å². The molecule has 2 rings (SSSR count). The summed E-state index contributed by atoms with van der Waals surface area (Å²) in [6, 6.07) is 11.4. The fraction of sp³-hybridized carbons (Fsp3) is 0.200. The van der Waals surface area contributed by atoms with Gasteiger partial charge in [0.25, 0.3) is 0 Å². The maximum atomic E-state index is 11.9. The van der Waals surface area contributed by atoms with Crippen LogP contribution in [0.3, 0.4) is 0 Å². The van der Waals surface area contributed by atoms with E-state index in [0.29, 0.717) is 11.6 Å². The Labute approximate surface area is 122 Å². The number of nitrogens with zero attached hydrogens (tertiary/aromatic N) is 1. The number of hydrogen-bond acceptors (Lipinski definition) is 4. The van der Waals surface area contributed by atoms with Crippen LogP contribution in [0.2, 0.25) is 0 Å². The lowest BCUT2D eigenvalue weighted by Gasteiger charge is -2.09. The van der Waals surface area contributed by atoms with Crippen molar-refractivity contribution in [2.45, 2.75) is 18.2 Å². The van der Waals surface area contributed by atoms with Crippen LogP contribution in [0.1, 0.15) is 12.5 Å². The number of carbonyl (C=O) groups is 1. The summed E-state index contributed by atoms with van der Waals surface area (Å²) < 4.78 is 0. The number of amides is 1. The van der Waals surface area contributed by atoms with Gasteiger partial charge in [0.1, 0.15) is 5.82 Å². The first-order valence-corrected chi connectivity index (χ1v) is 7.39. The second-order valence-corrected chi connectivity index (χ2v) is 5.32. The summed E-state index contributed by atoms with van der Waals surface area (Å²) in [6.07, 6.45) is 2.57. The van der Waals surface area contributed by atoms with Crippen molar-refractivity contribution in [2.75, 3.05) is 16.8 Å². The average Bonchev–Trinajstić information content (AvgIpc) is 2.47. The van der Waals surface area contributed by atoms with Gasteiger partial charge in [-0.2, -0.15) is 0 Å². The van der Waals surface area contributed by atoms with Gasteiger partial charge < -0.3 is 11.1 Å². The van der Waals surface area contributed by atoms with Crippen molar-refractivity contribution in [3.8, 4) is 0 Å². The summed E-state index contributed by atoms with van der Waals surface area (Å²) in [5.74, 6) is 0.812. The molecule has 0 aliphatic heterocycles. The monoisotopic (exact) mass is 287 g/mol. The van der Waals surface area contributed by atoms with Gasteiger partial charge in [-0.15, -0.1) is 11.8 Å². The molecule has 4 nitrogen and oxygen atoms in total. The summed E-state index contributed by atoms with van der Waals surface area (Å²) in [5, 5.41) is 2.94. The predicted octanol–water partition coefficient (Wildman–Crippen LogP) is 2.96. The molecule has 0 unspecified atom stereocenters. The molecule has 0 spiro atoms. The number of benzene rings is 1. The van der Waals surface area contributed by atoms with Gasteiger partial charge in [0.15, 0.2) is 0 Å².